The topological polar surface area (TPSA) is 26.0 Å². The molecule has 1 atom stereocenters. The molecule has 0 aliphatic rings. The standard InChI is InChI=1S/C7H10BrNS/c1-5(9)2-7-3-6(8)4-10-7/h3-5H,2,9H2,1H3. The molecule has 0 saturated carbocycles. The molecule has 0 aromatic carbocycles. The zero-order chi connectivity index (χ0) is 7.56. The molecule has 0 bridgehead atoms. The first kappa shape index (κ1) is 8.24. The summed E-state index contributed by atoms with van der Waals surface area (Å²) >= 11 is 5.14. The number of hydrogen-bond donors (Lipinski definition) is 1. The summed E-state index contributed by atoms with van der Waals surface area (Å²) in [6.07, 6.45) is 0.982. The Kier molecular flexibility index (Phi) is 2.89. The molecule has 1 nitrogen and oxygen atoms in total. The average Bonchev–Trinajstić information content (AvgIpc) is 2.13. The van der Waals surface area contributed by atoms with E-state index in [1.165, 1.54) is 4.88 Å². The van der Waals surface area contributed by atoms with Crippen molar-refractivity contribution in [3.8, 4) is 0 Å². The highest BCUT2D eigenvalue weighted by Gasteiger charge is 1.99. The first-order valence-electron chi connectivity index (χ1n) is 3.17. The summed E-state index contributed by atoms with van der Waals surface area (Å²) in [5, 5.41) is 2.08. The molecular weight excluding hydrogens is 210 g/mol. The molecule has 1 rings (SSSR count). The molecule has 1 aromatic rings. The van der Waals surface area contributed by atoms with Crippen LogP contribution in [-0.4, -0.2) is 6.04 Å². The van der Waals surface area contributed by atoms with E-state index in [9.17, 15) is 0 Å². The zero-order valence-electron chi connectivity index (χ0n) is 5.80. The Bertz CT molecular complexity index is 207. The fourth-order valence-electron chi connectivity index (χ4n) is 0.778. The quantitative estimate of drug-likeness (QED) is 0.813. The van der Waals surface area contributed by atoms with Crippen molar-refractivity contribution in [3.05, 3.63) is 20.8 Å². The molecule has 0 spiro atoms. The second kappa shape index (κ2) is 3.51. The Hall–Kier alpha value is 0.140. The number of halogens is 1. The largest absolute Gasteiger partial charge is 0.328 e. The number of hydrogen-bond acceptors (Lipinski definition) is 2. The van der Waals surface area contributed by atoms with Crippen molar-refractivity contribution >= 4 is 27.3 Å². The molecule has 1 heterocycles. The first-order chi connectivity index (χ1) is 4.68. The van der Waals surface area contributed by atoms with Crippen LogP contribution in [0, 0.1) is 0 Å². The van der Waals surface area contributed by atoms with Crippen molar-refractivity contribution < 1.29 is 0 Å². The monoisotopic (exact) mass is 219 g/mol. The highest BCUT2D eigenvalue weighted by Crippen LogP contribution is 2.20. The fourth-order valence-corrected chi connectivity index (χ4v) is 2.37. The van der Waals surface area contributed by atoms with Crippen LogP contribution in [0.2, 0.25) is 0 Å². The van der Waals surface area contributed by atoms with Crippen LogP contribution in [0.25, 0.3) is 0 Å². The minimum absolute atomic E-state index is 0.269. The van der Waals surface area contributed by atoms with Crippen LogP contribution >= 0.6 is 27.3 Å². The zero-order valence-corrected chi connectivity index (χ0v) is 8.21. The third kappa shape index (κ3) is 2.40. The SMILES string of the molecule is CC(N)Cc1cc(Br)cs1. The van der Waals surface area contributed by atoms with Crippen LogP contribution in [0.4, 0.5) is 0 Å². The van der Waals surface area contributed by atoms with Crippen molar-refractivity contribution in [1.29, 1.82) is 0 Å². The second-order valence-electron chi connectivity index (χ2n) is 2.41. The van der Waals surface area contributed by atoms with Crippen molar-refractivity contribution in [2.75, 3.05) is 0 Å². The molecule has 0 aliphatic heterocycles. The molecule has 0 fully saturated rings. The Morgan fingerprint density at radius 3 is 2.90 bits per heavy atom. The Morgan fingerprint density at radius 1 is 1.80 bits per heavy atom. The van der Waals surface area contributed by atoms with Gasteiger partial charge in [-0.15, -0.1) is 11.3 Å². The molecule has 10 heavy (non-hydrogen) atoms. The molecule has 0 amide bonds. The molecule has 0 aliphatic carbocycles. The van der Waals surface area contributed by atoms with Crippen molar-refractivity contribution in [2.45, 2.75) is 19.4 Å². The van der Waals surface area contributed by atoms with Crippen molar-refractivity contribution in [2.24, 2.45) is 5.73 Å². The van der Waals surface area contributed by atoms with Crippen molar-refractivity contribution in [3.63, 3.8) is 0 Å². The van der Waals surface area contributed by atoms with Gasteiger partial charge in [0, 0.05) is 20.8 Å². The molecule has 2 N–H and O–H groups in total. The van der Waals surface area contributed by atoms with E-state index >= 15 is 0 Å². The molecule has 56 valence electrons. The molecular formula is C7H10BrNS. The fraction of sp³-hybridized carbons (Fsp3) is 0.429. The predicted molar refractivity (Wildman–Crippen MR) is 49.4 cm³/mol. The van der Waals surface area contributed by atoms with E-state index in [1.54, 1.807) is 11.3 Å². The Labute approximate surface area is 73.4 Å². The third-order valence-corrected chi connectivity index (χ3v) is 2.86. The lowest BCUT2D eigenvalue weighted by atomic mass is 10.2. The van der Waals surface area contributed by atoms with Crippen molar-refractivity contribution in [1.82, 2.24) is 0 Å². The lowest BCUT2D eigenvalue weighted by Gasteiger charge is -1.99. The summed E-state index contributed by atoms with van der Waals surface area (Å²) in [4.78, 5) is 1.35. The van der Waals surface area contributed by atoms with Crippen LogP contribution in [0.1, 0.15) is 11.8 Å². The minimum Gasteiger partial charge on any atom is -0.328 e. The van der Waals surface area contributed by atoms with E-state index in [0.717, 1.165) is 10.9 Å². The minimum atomic E-state index is 0.269. The van der Waals surface area contributed by atoms with Gasteiger partial charge in [-0.05, 0) is 35.3 Å². The number of nitrogens with two attached hydrogens (primary N) is 1. The highest BCUT2D eigenvalue weighted by molar-refractivity contribution is 9.10. The van der Waals surface area contributed by atoms with Gasteiger partial charge in [0.1, 0.15) is 0 Å². The first-order valence-corrected chi connectivity index (χ1v) is 4.84. The predicted octanol–water partition coefficient (Wildman–Crippen LogP) is 2.40. The maximum absolute atomic E-state index is 5.63. The van der Waals surface area contributed by atoms with E-state index in [2.05, 4.69) is 27.4 Å². The third-order valence-electron chi connectivity index (χ3n) is 1.14. The summed E-state index contributed by atoms with van der Waals surface area (Å²) in [5.74, 6) is 0. The number of thiophene rings is 1. The molecule has 0 radical (unpaired) electrons. The van der Waals surface area contributed by atoms with Crippen LogP contribution in [0.3, 0.4) is 0 Å². The summed E-state index contributed by atoms with van der Waals surface area (Å²) in [7, 11) is 0. The smallest absolute Gasteiger partial charge is 0.0285 e. The van der Waals surface area contributed by atoms with Crippen LogP contribution in [0.15, 0.2) is 15.9 Å². The Morgan fingerprint density at radius 2 is 2.50 bits per heavy atom. The normalized spacial score (nSPS) is 13.5. The van der Waals surface area contributed by atoms with E-state index < -0.39 is 0 Å². The number of rotatable bonds is 2. The van der Waals surface area contributed by atoms with Crippen LogP contribution < -0.4 is 5.73 Å². The van der Waals surface area contributed by atoms with Crippen LogP contribution in [-0.2, 0) is 6.42 Å². The molecule has 1 unspecified atom stereocenters. The second-order valence-corrected chi connectivity index (χ2v) is 4.32. The highest BCUT2D eigenvalue weighted by atomic mass is 79.9. The maximum Gasteiger partial charge on any atom is 0.0285 e. The summed E-state index contributed by atoms with van der Waals surface area (Å²) in [5.41, 5.74) is 5.63. The van der Waals surface area contributed by atoms with E-state index in [-0.39, 0.29) is 6.04 Å². The van der Waals surface area contributed by atoms with E-state index in [1.807, 2.05) is 6.92 Å². The molecule has 1 aromatic heterocycles. The molecule has 0 saturated heterocycles. The van der Waals surface area contributed by atoms with Gasteiger partial charge in [0.15, 0.2) is 0 Å². The van der Waals surface area contributed by atoms with E-state index in [4.69, 9.17) is 5.73 Å². The maximum atomic E-state index is 5.63. The van der Waals surface area contributed by atoms with Gasteiger partial charge < -0.3 is 5.73 Å². The summed E-state index contributed by atoms with van der Waals surface area (Å²) in [6.45, 7) is 2.02. The van der Waals surface area contributed by atoms with Gasteiger partial charge in [0.05, 0.1) is 0 Å². The average molecular weight is 220 g/mol. The summed E-state index contributed by atoms with van der Waals surface area (Å²) < 4.78 is 1.16. The van der Waals surface area contributed by atoms with Gasteiger partial charge in [-0.1, -0.05) is 0 Å². The van der Waals surface area contributed by atoms with Gasteiger partial charge in [0.25, 0.3) is 0 Å². The summed E-state index contributed by atoms with van der Waals surface area (Å²) in [6, 6.07) is 2.39. The lowest BCUT2D eigenvalue weighted by molar-refractivity contribution is 0.746. The lowest BCUT2D eigenvalue weighted by Crippen LogP contribution is -2.16. The van der Waals surface area contributed by atoms with Gasteiger partial charge in [-0.25, -0.2) is 0 Å². The van der Waals surface area contributed by atoms with Gasteiger partial charge in [0.2, 0.25) is 0 Å². The van der Waals surface area contributed by atoms with E-state index in [0.29, 0.717) is 0 Å². The Balaban J connectivity index is 2.58. The van der Waals surface area contributed by atoms with Gasteiger partial charge >= 0.3 is 0 Å². The van der Waals surface area contributed by atoms with Gasteiger partial charge in [-0.3, -0.25) is 0 Å². The van der Waals surface area contributed by atoms with Gasteiger partial charge in [-0.2, -0.15) is 0 Å². The van der Waals surface area contributed by atoms with Crippen LogP contribution in [0.5, 0.6) is 0 Å². The molecule has 3 heteroatoms.